The third-order valence-electron chi connectivity index (χ3n) is 3.11. The number of hydrogen-bond donors (Lipinski definition) is 0. The van der Waals surface area contributed by atoms with Crippen molar-refractivity contribution in [3.05, 3.63) is 29.8 Å². The lowest BCUT2D eigenvalue weighted by Gasteiger charge is -2.28. The van der Waals surface area contributed by atoms with Gasteiger partial charge < -0.3 is 9.47 Å². The van der Waals surface area contributed by atoms with Gasteiger partial charge in [0.05, 0.1) is 18.6 Å². The summed E-state index contributed by atoms with van der Waals surface area (Å²) in [5, 5.41) is 0. The van der Waals surface area contributed by atoms with E-state index >= 15 is 0 Å². The van der Waals surface area contributed by atoms with E-state index in [1.54, 1.807) is 0 Å². The minimum absolute atomic E-state index is 0.0442. The van der Waals surface area contributed by atoms with Crippen molar-refractivity contribution >= 4 is 5.97 Å². The highest BCUT2D eigenvalue weighted by atomic mass is 19.4. The fourth-order valence-corrected chi connectivity index (χ4v) is 1.76. The predicted molar refractivity (Wildman–Crippen MR) is 71.9 cm³/mol. The van der Waals surface area contributed by atoms with E-state index in [0.717, 1.165) is 12.1 Å². The lowest BCUT2D eigenvalue weighted by molar-refractivity contribution is -0.150. The summed E-state index contributed by atoms with van der Waals surface area (Å²) in [7, 11) is 1.27. The van der Waals surface area contributed by atoms with E-state index in [1.165, 1.54) is 19.2 Å². The average Bonchev–Trinajstić information content (AvgIpc) is 2.36. The van der Waals surface area contributed by atoms with Gasteiger partial charge in [0.1, 0.15) is 12.4 Å². The molecule has 3 nitrogen and oxygen atoms in total. The standard InChI is InChI=1S/C15H19F3O3/c1-14(2,3)12(13(19)20-4)9-21-11-7-5-6-10(8-11)15(16,17)18/h5-8,12H,9H2,1-4H3. The van der Waals surface area contributed by atoms with Crippen LogP contribution in [0, 0.1) is 11.3 Å². The molecule has 0 aliphatic carbocycles. The molecule has 0 fully saturated rings. The van der Waals surface area contributed by atoms with Gasteiger partial charge in [0.2, 0.25) is 0 Å². The first-order valence-corrected chi connectivity index (χ1v) is 6.43. The third-order valence-corrected chi connectivity index (χ3v) is 3.11. The number of ether oxygens (including phenoxy) is 2. The zero-order chi connectivity index (χ0) is 16.3. The van der Waals surface area contributed by atoms with E-state index in [9.17, 15) is 18.0 Å². The second kappa shape index (κ2) is 6.37. The molecule has 0 aromatic heterocycles. The van der Waals surface area contributed by atoms with Crippen LogP contribution in [0.2, 0.25) is 0 Å². The summed E-state index contributed by atoms with van der Waals surface area (Å²) in [6, 6.07) is 4.57. The molecule has 21 heavy (non-hydrogen) atoms. The first-order chi connectivity index (χ1) is 9.55. The molecule has 118 valence electrons. The Morgan fingerprint density at radius 2 is 1.86 bits per heavy atom. The van der Waals surface area contributed by atoms with Crippen LogP contribution in [0.15, 0.2) is 24.3 Å². The van der Waals surface area contributed by atoms with E-state index in [4.69, 9.17) is 9.47 Å². The van der Waals surface area contributed by atoms with Gasteiger partial charge in [-0.1, -0.05) is 26.8 Å². The summed E-state index contributed by atoms with van der Waals surface area (Å²) < 4.78 is 47.9. The van der Waals surface area contributed by atoms with Crippen LogP contribution in [-0.4, -0.2) is 19.7 Å². The van der Waals surface area contributed by atoms with E-state index in [2.05, 4.69) is 0 Å². The highest BCUT2D eigenvalue weighted by molar-refractivity contribution is 5.73. The molecule has 0 bridgehead atoms. The second-order valence-corrected chi connectivity index (χ2v) is 5.78. The zero-order valence-electron chi connectivity index (χ0n) is 12.5. The summed E-state index contributed by atoms with van der Waals surface area (Å²) in [5.41, 5.74) is -1.21. The van der Waals surface area contributed by atoms with E-state index in [1.807, 2.05) is 20.8 Å². The van der Waals surface area contributed by atoms with Crippen LogP contribution in [0.1, 0.15) is 26.3 Å². The molecule has 1 aromatic rings. The Hall–Kier alpha value is -1.72. The van der Waals surface area contributed by atoms with Crippen molar-refractivity contribution in [2.45, 2.75) is 26.9 Å². The van der Waals surface area contributed by atoms with Crippen LogP contribution in [0.3, 0.4) is 0 Å². The van der Waals surface area contributed by atoms with Gasteiger partial charge in [-0.3, -0.25) is 4.79 Å². The van der Waals surface area contributed by atoms with Gasteiger partial charge in [0, 0.05) is 0 Å². The van der Waals surface area contributed by atoms with Crippen LogP contribution in [0.25, 0.3) is 0 Å². The summed E-state index contributed by atoms with van der Waals surface area (Å²) >= 11 is 0. The van der Waals surface area contributed by atoms with Crippen molar-refractivity contribution in [3.63, 3.8) is 0 Å². The number of rotatable bonds is 4. The topological polar surface area (TPSA) is 35.5 Å². The Morgan fingerprint density at radius 1 is 1.24 bits per heavy atom. The first-order valence-electron chi connectivity index (χ1n) is 6.43. The monoisotopic (exact) mass is 304 g/mol. The maximum absolute atomic E-state index is 12.6. The first kappa shape index (κ1) is 17.3. The van der Waals surface area contributed by atoms with Crippen molar-refractivity contribution in [2.75, 3.05) is 13.7 Å². The number of hydrogen-bond acceptors (Lipinski definition) is 3. The van der Waals surface area contributed by atoms with E-state index in [0.29, 0.717) is 0 Å². The van der Waals surface area contributed by atoms with Gasteiger partial charge in [-0.05, 0) is 23.6 Å². The number of esters is 1. The minimum Gasteiger partial charge on any atom is -0.493 e. The molecule has 1 rings (SSSR count). The highest BCUT2D eigenvalue weighted by Crippen LogP contribution is 2.32. The lowest BCUT2D eigenvalue weighted by Crippen LogP contribution is -2.34. The fraction of sp³-hybridized carbons (Fsp3) is 0.533. The molecule has 0 saturated carbocycles. The molecule has 0 saturated heterocycles. The van der Waals surface area contributed by atoms with E-state index in [-0.39, 0.29) is 12.4 Å². The van der Waals surface area contributed by atoms with Crippen molar-refractivity contribution in [3.8, 4) is 5.75 Å². The van der Waals surface area contributed by atoms with Crippen LogP contribution in [-0.2, 0) is 15.7 Å². The Kier molecular flexibility index (Phi) is 5.25. The molecular formula is C15H19F3O3. The Balaban J connectivity index is 2.84. The van der Waals surface area contributed by atoms with Gasteiger partial charge in [-0.15, -0.1) is 0 Å². The largest absolute Gasteiger partial charge is 0.493 e. The number of methoxy groups -OCH3 is 1. The number of halogens is 3. The summed E-state index contributed by atoms with van der Waals surface area (Å²) in [6.07, 6.45) is -4.43. The zero-order valence-corrected chi connectivity index (χ0v) is 12.5. The highest BCUT2D eigenvalue weighted by Gasteiger charge is 2.34. The molecule has 0 heterocycles. The minimum atomic E-state index is -4.43. The fourth-order valence-electron chi connectivity index (χ4n) is 1.76. The SMILES string of the molecule is COC(=O)C(COc1cccc(C(F)(F)F)c1)C(C)(C)C. The van der Waals surface area contributed by atoms with Gasteiger partial charge in [-0.2, -0.15) is 13.2 Å². The van der Waals surface area contributed by atoms with Crippen molar-refractivity contribution < 1.29 is 27.4 Å². The molecule has 0 aliphatic rings. The van der Waals surface area contributed by atoms with Gasteiger partial charge >= 0.3 is 12.1 Å². The molecule has 0 aliphatic heterocycles. The summed E-state index contributed by atoms with van der Waals surface area (Å²) in [4.78, 5) is 11.7. The number of carbonyl (C=O) groups is 1. The van der Waals surface area contributed by atoms with Crippen molar-refractivity contribution in [2.24, 2.45) is 11.3 Å². The van der Waals surface area contributed by atoms with Crippen LogP contribution in [0.4, 0.5) is 13.2 Å². The molecule has 0 N–H and O–H groups in total. The molecule has 1 atom stereocenters. The van der Waals surface area contributed by atoms with Crippen LogP contribution >= 0.6 is 0 Å². The third kappa shape index (κ3) is 4.95. The maximum atomic E-state index is 12.6. The molecule has 6 heteroatoms. The smallest absolute Gasteiger partial charge is 0.416 e. The van der Waals surface area contributed by atoms with Gasteiger partial charge in [0.25, 0.3) is 0 Å². The molecule has 0 spiro atoms. The predicted octanol–water partition coefficient (Wildman–Crippen LogP) is 3.92. The summed E-state index contributed by atoms with van der Waals surface area (Å²) in [5.74, 6) is -0.950. The van der Waals surface area contributed by atoms with Gasteiger partial charge in [-0.25, -0.2) is 0 Å². The van der Waals surface area contributed by atoms with Crippen molar-refractivity contribution in [1.82, 2.24) is 0 Å². The number of carbonyl (C=O) groups excluding carboxylic acids is 1. The molecule has 1 unspecified atom stereocenters. The average molecular weight is 304 g/mol. The molecule has 0 amide bonds. The lowest BCUT2D eigenvalue weighted by atomic mass is 9.81. The Bertz CT molecular complexity index is 490. The normalized spacial score (nSPS) is 13.7. The summed E-state index contributed by atoms with van der Waals surface area (Å²) in [6.45, 7) is 5.47. The van der Waals surface area contributed by atoms with Gasteiger partial charge in [0.15, 0.2) is 0 Å². The van der Waals surface area contributed by atoms with Crippen LogP contribution < -0.4 is 4.74 Å². The quantitative estimate of drug-likeness (QED) is 0.791. The number of benzene rings is 1. The Labute approximate surface area is 122 Å². The Morgan fingerprint density at radius 3 is 2.33 bits per heavy atom. The van der Waals surface area contributed by atoms with E-state index < -0.39 is 29.0 Å². The molecule has 0 radical (unpaired) electrons. The van der Waals surface area contributed by atoms with Crippen molar-refractivity contribution in [1.29, 1.82) is 0 Å². The molecular weight excluding hydrogens is 285 g/mol. The number of alkyl halides is 3. The molecule has 1 aromatic carbocycles. The maximum Gasteiger partial charge on any atom is 0.416 e. The second-order valence-electron chi connectivity index (χ2n) is 5.78. The van der Waals surface area contributed by atoms with Crippen LogP contribution in [0.5, 0.6) is 5.75 Å².